The fourth-order valence-corrected chi connectivity index (χ4v) is 3.26. The highest BCUT2D eigenvalue weighted by Crippen LogP contribution is 2.43. The lowest BCUT2D eigenvalue weighted by Crippen LogP contribution is -2.29. The first kappa shape index (κ1) is 14.2. The predicted molar refractivity (Wildman–Crippen MR) is 73.0 cm³/mol. The maximum Gasteiger partial charge on any atom is 0.168 e. The Morgan fingerprint density at radius 1 is 1.32 bits per heavy atom. The normalized spacial score (nSPS) is 17.9. The van der Waals surface area contributed by atoms with Crippen LogP contribution in [0.4, 0.5) is 14.6 Å². The highest BCUT2D eigenvalue weighted by molar-refractivity contribution is 5.36. The van der Waals surface area contributed by atoms with Gasteiger partial charge in [-0.3, -0.25) is 0 Å². The van der Waals surface area contributed by atoms with Gasteiger partial charge in [-0.05, 0) is 30.6 Å². The van der Waals surface area contributed by atoms with Crippen molar-refractivity contribution in [1.82, 2.24) is 4.98 Å². The molecule has 0 radical (unpaired) electrons. The van der Waals surface area contributed by atoms with Crippen LogP contribution in [0.2, 0.25) is 0 Å². The molecule has 0 aliphatic heterocycles. The first-order chi connectivity index (χ1) is 9.01. The molecular formula is C15H22F2N2. The van der Waals surface area contributed by atoms with Gasteiger partial charge in [0.25, 0.3) is 0 Å². The molecule has 1 aromatic rings. The maximum absolute atomic E-state index is 13.5. The second-order valence-corrected chi connectivity index (χ2v) is 6.14. The zero-order valence-corrected chi connectivity index (χ0v) is 11.7. The summed E-state index contributed by atoms with van der Waals surface area (Å²) in [5.74, 6) is -0.458. The molecule has 0 spiro atoms. The van der Waals surface area contributed by atoms with Crippen molar-refractivity contribution in [3.63, 3.8) is 0 Å². The summed E-state index contributed by atoms with van der Waals surface area (Å²) in [6.45, 7) is 5.16. The van der Waals surface area contributed by atoms with E-state index in [1.165, 1.54) is 25.7 Å². The van der Waals surface area contributed by atoms with Gasteiger partial charge in [0.2, 0.25) is 0 Å². The minimum Gasteiger partial charge on any atom is -0.367 e. The Kier molecular flexibility index (Phi) is 4.38. The summed E-state index contributed by atoms with van der Waals surface area (Å²) in [6, 6.07) is 0.874. The van der Waals surface area contributed by atoms with E-state index in [9.17, 15) is 8.78 Å². The van der Waals surface area contributed by atoms with Crippen LogP contribution in [0.3, 0.4) is 0 Å². The smallest absolute Gasteiger partial charge is 0.168 e. The molecule has 0 bridgehead atoms. The van der Waals surface area contributed by atoms with Crippen molar-refractivity contribution in [2.45, 2.75) is 46.0 Å². The van der Waals surface area contributed by atoms with Crippen LogP contribution in [0.5, 0.6) is 0 Å². The van der Waals surface area contributed by atoms with Gasteiger partial charge < -0.3 is 5.32 Å². The van der Waals surface area contributed by atoms with Gasteiger partial charge in [-0.1, -0.05) is 26.7 Å². The Morgan fingerprint density at radius 3 is 2.58 bits per heavy atom. The Hall–Kier alpha value is -1.19. The number of pyridine rings is 1. The van der Waals surface area contributed by atoms with E-state index in [4.69, 9.17) is 0 Å². The van der Waals surface area contributed by atoms with Crippen LogP contribution in [0.15, 0.2) is 12.3 Å². The number of anilines is 1. The Bertz CT molecular complexity index is 426. The average molecular weight is 268 g/mol. The van der Waals surface area contributed by atoms with E-state index >= 15 is 0 Å². The van der Waals surface area contributed by atoms with Gasteiger partial charge in [0.1, 0.15) is 5.82 Å². The molecule has 2 nitrogen and oxygen atoms in total. The van der Waals surface area contributed by atoms with E-state index in [1.54, 1.807) is 0 Å². The van der Waals surface area contributed by atoms with E-state index in [2.05, 4.69) is 24.1 Å². The highest BCUT2D eigenvalue weighted by atomic mass is 19.1. The quantitative estimate of drug-likeness (QED) is 0.857. The number of rotatable bonds is 5. The second kappa shape index (κ2) is 5.85. The van der Waals surface area contributed by atoms with Crippen molar-refractivity contribution >= 4 is 5.82 Å². The largest absolute Gasteiger partial charge is 0.367 e. The maximum atomic E-state index is 13.5. The highest BCUT2D eigenvalue weighted by Gasteiger charge is 2.34. The van der Waals surface area contributed by atoms with Gasteiger partial charge >= 0.3 is 0 Å². The number of hydrogen-bond donors (Lipinski definition) is 1. The number of nitrogens with one attached hydrogen (secondary N) is 1. The molecular weight excluding hydrogens is 246 g/mol. The average Bonchev–Trinajstić information content (AvgIpc) is 2.76. The van der Waals surface area contributed by atoms with Crippen LogP contribution in [-0.2, 0) is 0 Å². The summed E-state index contributed by atoms with van der Waals surface area (Å²) >= 11 is 0. The minimum absolute atomic E-state index is 0.163. The molecule has 19 heavy (non-hydrogen) atoms. The third-order valence-corrected chi connectivity index (χ3v) is 3.94. The summed E-state index contributed by atoms with van der Waals surface area (Å²) in [6.07, 6.45) is 7.04. The fraction of sp³-hybridized carbons (Fsp3) is 0.667. The molecule has 106 valence electrons. The molecule has 4 heteroatoms. The number of aromatic nitrogens is 1. The molecule has 0 aromatic carbocycles. The Labute approximate surface area is 113 Å². The molecule has 1 fully saturated rings. The van der Waals surface area contributed by atoms with Crippen molar-refractivity contribution < 1.29 is 8.78 Å². The van der Waals surface area contributed by atoms with Gasteiger partial charge in [0.05, 0.1) is 6.20 Å². The van der Waals surface area contributed by atoms with Crippen molar-refractivity contribution in [3.05, 3.63) is 23.9 Å². The van der Waals surface area contributed by atoms with E-state index < -0.39 is 11.6 Å². The van der Waals surface area contributed by atoms with Crippen LogP contribution >= 0.6 is 0 Å². The summed E-state index contributed by atoms with van der Waals surface area (Å²) in [5.41, 5.74) is 0.247. The second-order valence-electron chi connectivity index (χ2n) is 6.14. The van der Waals surface area contributed by atoms with E-state index in [0.717, 1.165) is 25.2 Å². The van der Waals surface area contributed by atoms with Gasteiger partial charge in [0, 0.05) is 12.6 Å². The summed E-state index contributed by atoms with van der Waals surface area (Å²) < 4.78 is 26.4. The fourth-order valence-electron chi connectivity index (χ4n) is 3.26. The summed E-state index contributed by atoms with van der Waals surface area (Å²) in [4.78, 5) is 3.79. The lowest BCUT2D eigenvalue weighted by molar-refractivity contribution is 0.252. The van der Waals surface area contributed by atoms with Crippen molar-refractivity contribution in [2.75, 3.05) is 11.9 Å². The molecule has 0 saturated heterocycles. The molecule has 0 amide bonds. The van der Waals surface area contributed by atoms with Crippen LogP contribution in [0.25, 0.3) is 0 Å². The molecule has 1 saturated carbocycles. The van der Waals surface area contributed by atoms with Crippen LogP contribution in [0, 0.1) is 23.0 Å². The number of halogens is 2. The first-order valence-electron chi connectivity index (χ1n) is 7.06. The van der Waals surface area contributed by atoms with Crippen LogP contribution in [-0.4, -0.2) is 11.5 Å². The van der Waals surface area contributed by atoms with E-state index in [1.807, 2.05) is 0 Å². The first-order valence-corrected chi connectivity index (χ1v) is 7.06. The molecule has 0 atom stereocenters. The van der Waals surface area contributed by atoms with Crippen molar-refractivity contribution in [1.29, 1.82) is 0 Å². The van der Waals surface area contributed by atoms with Gasteiger partial charge in [-0.25, -0.2) is 13.8 Å². The molecule has 0 unspecified atom stereocenters. The Balaban J connectivity index is 2.02. The van der Waals surface area contributed by atoms with Crippen LogP contribution < -0.4 is 5.32 Å². The zero-order valence-electron chi connectivity index (χ0n) is 11.7. The third-order valence-electron chi connectivity index (χ3n) is 3.94. The van der Waals surface area contributed by atoms with Gasteiger partial charge in [-0.15, -0.1) is 0 Å². The van der Waals surface area contributed by atoms with Gasteiger partial charge in [0.15, 0.2) is 11.6 Å². The summed E-state index contributed by atoms with van der Waals surface area (Å²) in [5, 5.41) is 3.08. The van der Waals surface area contributed by atoms with Crippen molar-refractivity contribution in [3.8, 4) is 0 Å². The van der Waals surface area contributed by atoms with E-state index in [0.29, 0.717) is 5.92 Å². The molecule has 1 N–H and O–H groups in total. The summed E-state index contributed by atoms with van der Waals surface area (Å²) in [7, 11) is 0. The standard InChI is InChI=1S/C15H22F2N2/c1-11(2)8-15(5-3-4-6-15)10-19-14-13(17)7-12(16)9-18-14/h7,9,11H,3-6,8,10H2,1-2H3,(H,18,19). The van der Waals surface area contributed by atoms with Crippen molar-refractivity contribution in [2.24, 2.45) is 11.3 Å². The number of hydrogen-bond acceptors (Lipinski definition) is 2. The SMILES string of the molecule is CC(C)CC1(CNc2ncc(F)cc2F)CCCC1. The Morgan fingerprint density at radius 2 is 2.00 bits per heavy atom. The van der Waals surface area contributed by atoms with Crippen LogP contribution in [0.1, 0.15) is 46.0 Å². The predicted octanol–water partition coefficient (Wildman–Crippen LogP) is 4.38. The van der Waals surface area contributed by atoms with E-state index in [-0.39, 0.29) is 11.2 Å². The lowest BCUT2D eigenvalue weighted by atomic mass is 9.78. The minimum atomic E-state index is -0.638. The molecule has 1 aliphatic rings. The number of nitrogens with zero attached hydrogens (tertiary/aromatic N) is 1. The molecule has 1 aromatic heterocycles. The molecule has 1 aliphatic carbocycles. The zero-order chi connectivity index (χ0) is 13.9. The molecule has 2 rings (SSSR count). The lowest BCUT2D eigenvalue weighted by Gasteiger charge is -2.31. The third kappa shape index (κ3) is 3.64. The van der Waals surface area contributed by atoms with Gasteiger partial charge in [-0.2, -0.15) is 0 Å². The monoisotopic (exact) mass is 268 g/mol. The topological polar surface area (TPSA) is 24.9 Å². The molecule has 1 heterocycles.